The second kappa shape index (κ2) is 9.94. The van der Waals surface area contributed by atoms with E-state index in [-0.39, 0.29) is 46.3 Å². The molecule has 1 fully saturated rings. The Morgan fingerprint density at radius 1 is 1.16 bits per heavy atom. The van der Waals surface area contributed by atoms with Crippen LogP contribution in [0, 0.1) is 0 Å². The van der Waals surface area contributed by atoms with E-state index in [0.717, 1.165) is 13.0 Å². The van der Waals surface area contributed by atoms with Gasteiger partial charge >= 0.3 is 0 Å². The fraction of sp³-hybridized carbons (Fsp3) is 0.533. The molecule has 1 aromatic carbocycles. The zero-order chi connectivity index (χ0) is 17.7. The molecule has 0 aliphatic carbocycles. The van der Waals surface area contributed by atoms with Crippen LogP contribution in [0.4, 0.5) is 0 Å². The van der Waals surface area contributed by atoms with Gasteiger partial charge in [0.15, 0.2) is 0 Å². The van der Waals surface area contributed by atoms with Gasteiger partial charge in [0.2, 0.25) is 15.9 Å². The van der Waals surface area contributed by atoms with Crippen molar-refractivity contribution in [3.63, 3.8) is 0 Å². The molecule has 142 valence electrons. The van der Waals surface area contributed by atoms with Crippen LogP contribution in [-0.2, 0) is 14.8 Å². The first-order valence-electron chi connectivity index (χ1n) is 7.74. The van der Waals surface area contributed by atoms with Crippen molar-refractivity contribution in [3.8, 4) is 0 Å². The SMILES string of the molecule is CNCCCC(=O)N1CCN(S(=O)(=O)c2c(Cl)cccc2Cl)CC1.Cl. The second-order valence-electron chi connectivity index (χ2n) is 5.54. The van der Waals surface area contributed by atoms with E-state index >= 15 is 0 Å². The smallest absolute Gasteiger partial charge is 0.246 e. The highest BCUT2D eigenvalue weighted by molar-refractivity contribution is 7.89. The maximum atomic E-state index is 12.8. The number of hydrogen-bond acceptors (Lipinski definition) is 4. The first kappa shape index (κ1) is 22.5. The maximum Gasteiger partial charge on any atom is 0.246 e. The van der Waals surface area contributed by atoms with E-state index in [1.807, 2.05) is 7.05 Å². The Morgan fingerprint density at radius 3 is 2.24 bits per heavy atom. The van der Waals surface area contributed by atoms with E-state index in [1.165, 1.54) is 16.4 Å². The minimum Gasteiger partial charge on any atom is -0.340 e. The highest BCUT2D eigenvalue weighted by atomic mass is 35.5. The Morgan fingerprint density at radius 2 is 1.72 bits per heavy atom. The molecule has 1 amide bonds. The fourth-order valence-corrected chi connectivity index (χ4v) is 5.12. The molecule has 1 aliphatic heterocycles. The number of rotatable bonds is 6. The Kier molecular flexibility index (Phi) is 8.94. The van der Waals surface area contributed by atoms with Gasteiger partial charge in [-0.25, -0.2) is 8.42 Å². The number of sulfonamides is 1. The summed E-state index contributed by atoms with van der Waals surface area (Å²) in [5.41, 5.74) is 0. The molecule has 1 N–H and O–H groups in total. The van der Waals surface area contributed by atoms with Crippen LogP contribution in [0.25, 0.3) is 0 Å². The summed E-state index contributed by atoms with van der Waals surface area (Å²) < 4.78 is 26.9. The van der Waals surface area contributed by atoms with Gasteiger partial charge in [-0.1, -0.05) is 29.3 Å². The van der Waals surface area contributed by atoms with Crippen LogP contribution >= 0.6 is 35.6 Å². The van der Waals surface area contributed by atoms with Gasteiger partial charge in [0.1, 0.15) is 4.90 Å². The van der Waals surface area contributed by atoms with Crippen LogP contribution in [-0.4, -0.2) is 63.3 Å². The van der Waals surface area contributed by atoms with E-state index in [0.29, 0.717) is 19.5 Å². The number of piperazine rings is 1. The average molecular weight is 431 g/mol. The lowest BCUT2D eigenvalue weighted by Crippen LogP contribution is -2.50. The Balaban J connectivity index is 0.00000312. The second-order valence-corrected chi connectivity index (χ2v) is 8.23. The molecule has 0 atom stereocenters. The molecule has 0 unspecified atom stereocenters. The van der Waals surface area contributed by atoms with Crippen molar-refractivity contribution in [1.29, 1.82) is 0 Å². The predicted octanol–water partition coefficient (Wildman–Crippen LogP) is 2.25. The summed E-state index contributed by atoms with van der Waals surface area (Å²) in [7, 11) is -1.93. The van der Waals surface area contributed by atoms with Crippen molar-refractivity contribution in [3.05, 3.63) is 28.2 Å². The van der Waals surface area contributed by atoms with Gasteiger partial charge in [0.05, 0.1) is 10.0 Å². The number of amides is 1. The van der Waals surface area contributed by atoms with Crippen molar-refractivity contribution in [2.45, 2.75) is 17.7 Å². The minimum absolute atomic E-state index is 0. The third kappa shape index (κ3) is 5.45. The van der Waals surface area contributed by atoms with Crippen molar-refractivity contribution < 1.29 is 13.2 Å². The molecule has 25 heavy (non-hydrogen) atoms. The molecule has 0 bridgehead atoms. The Hall–Kier alpha value is -0.570. The summed E-state index contributed by atoms with van der Waals surface area (Å²) in [5, 5.41) is 3.21. The predicted molar refractivity (Wildman–Crippen MR) is 102 cm³/mol. The van der Waals surface area contributed by atoms with Gasteiger partial charge in [0, 0.05) is 32.6 Å². The Labute approximate surface area is 164 Å². The van der Waals surface area contributed by atoms with Gasteiger partial charge < -0.3 is 10.2 Å². The number of carbonyl (C=O) groups is 1. The number of hydrogen-bond donors (Lipinski definition) is 1. The quantitative estimate of drug-likeness (QED) is 0.703. The van der Waals surface area contributed by atoms with E-state index in [2.05, 4.69) is 5.32 Å². The average Bonchev–Trinajstić information content (AvgIpc) is 2.54. The molecule has 0 aromatic heterocycles. The third-order valence-corrected chi connectivity index (χ3v) is 6.78. The molecule has 6 nitrogen and oxygen atoms in total. The van der Waals surface area contributed by atoms with E-state index < -0.39 is 10.0 Å². The van der Waals surface area contributed by atoms with E-state index in [9.17, 15) is 13.2 Å². The van der Waals surface area contributed by atoms with Gasteiger partial charge in [-0.15, -0.1) is 12.4 Å². The molecule has 10 heteroatoms. The molecule has 1 aromatic rings. The first-order valence-corrected chi connectivity index (χ1v) is 9.94. The lowest BCUT2D eigenvalue weighted by molar-refractivity contribution is -0.132. The molecule has 0 radical (unpaired) electrons. The van der Waals surface area contributed by atoms with Crippen LogP contribution in [0.15, 0.2) is 23.1 Å². The highest BCUT2D eigenvalue weighted by Gasteiger charge is 2.32. The van der Waals surface area contributed by atoms with Gasteiger partial charge in [-0.2, -0.15) is 4.31 Å². The van der Waals surface area contributed by atoms with E-state index in [1.54, 1.807) is 11.0 Å². The first-order chi connectivity index (χ1) is 11.4. The van der Waals surface area contributed by atoms with E-state index in [4.69, 9.17) is 23.2 Å². The zero-order valence-electron chi connectivity index (χ0n) is 13.9. The molecule has 1 heterocycles. The molecule has 2 rings (SSSR count). The van der Waals surface area contributed by atoms with Crippen molar-refractivity contribution in [2.24, 2.45) is 0 Å². The van der Waals surface area contributed by atoms with Crippen molar-refractivity contribution in [2.75, 3.05) is 39.8 Å². The summed E-state index contributed by atoms with van der Waals surface area (Å²) in [6, 6.07) is 4.61. The molecular weight excluding hydrogens is 409 g/mol. The molecule has 1 aliphatic rings. The number of nitrogens with one attached hydrogen (secondary N) is 1. The van der Waals surface area contributed by atoms with Crippen molar-refractivity contribution >= 4 is 51.5 Å². The van der Waals surface area contributed by atoms with Crippen molar-refractivity contribution in [1.82, 2.24) is 14.5 Å². The summed E-state index contributed by atoms with van der Waals surface area (Å²) in [6.45, 7) is 2.01. The molecule has 0 saturated carbocycles. The zero-order valence-corrected chi connectivity index (χ0v) is 17.0. The number of benzene rings is 1. The summed E-state index contributed by atoms with van der Waals surface area (Å²) in [4.78, 5) is 13.7. The van der Waals surface area contributed by atoms with Crippen LogP contribution in [0.1, 0.15) is 12.8 Å². The summed E-state index contributed by atoms with van der Waals surface area (Å²) in [6.07, 6.45) is 1.23. The lowest BCUT2D eigenvalue weighted by atomic mass is 10.2. The molecule has 0 spiro atoms. The van der Waals surface area contributed by atoms with Crippen LogP contribution < -0.4 is 5.32 Å². The Bertz CT molecular complexity index is 672. The minimum atomic E-state index is -3.77. The van der Waals surface area contributed by atoms with Crippen LogP contribution in [0.3, 0.4) is 0 Å². The van der Waals surface area contributed by atoms with Gasteiger partial charge in [-0.05, 0) is 32.1 Å². The lowest BCUT2D eigenvalue weighted by Gasteiger charge is -2.34. The van der Waals surface area contributed by atoms with Gasteiger partial charge in [0.25, 0.3) is 0 Å². The maximum absolute atomic E-state index is 12.8. The monoisotopic (exact) mass is 429 g/mol. The normalized spacial score (nSPS) is 15.7. The molecule has 1 saturated heterocycles. The largest absolute Gasteiger partial charge is 0.340 e. The van der Waals surface area contributed by atoms with Gasteiger partial charge in [-0.3, -0.25) is 4.79 Å². The summed E-state index contributed by atoms with van der Waals surface area (Å²) in [5.74, 6) is 0.0538. The molecular formula is C15H22Cl3N3O3S. The fourth-order valence-electron chi connectivity index (χ4n) is 2.61. The topological polar surface area (TPSA) is 69.7 Å². The standard InChI is InChI=1S/C15H21Cl2N3O3S.ClH/c1-18-7-3-6-14(21)19-8-10-20(11-9-19)24(22,23)15-12(16)4-2-5-13(15)17;/h2,4-5,18H,3,6-11H2,1H3;1H. The number of carbonyl (C=O) groups excluding carboxylic acids is 1. The third-order valence-electron chi connectivity index (χ3n) is 3.93. The van der Waals surface area contributed by atoms with Crippen LogP contribution in [0.2, 0.25) is 10.0 Å². The van der Waals surface area contributed by atoms with Crippen LogP contribution in [0.5, 0.6) is 0 Å². The summed E-state index contributed by atoms with van der Waals surface area (Å²) >= 11 is 12.0. The number of nitrogens with zero attached hydrogens (tertiary/aromatic N) is 2. The number of halogens is 3. The highest BCUT2D eigenvalue weighted by Crippen LogP contribution is 2.31.